The normalized spacial score (nSPS) is 19.4. The number of aryl methyl sites for hydroxylation is 2. The van der Waals surface area contributed by atoms with E-state index >= 15 is 4.79 Å². The average Bonchev–Trinajstić information content (AvgIpc) is 2.31. The number of aromatic nitrogens is 4. The summed E-state index contributed by atoms with van der Waals surface area (Å²) < 4.78 is 40.6. The van der Waals surface area contributed by atoms with Crippen LogP contribution in [0.3, 0.4) is 0 Å². The topological polar surface area (TPSA) is 183 Å². The molecule has 20 heteroatoms. The van der Waals surface area contributed by atoms with Crippen LogP contribution in [0.5, 0.6) is 11.6 Å². The summed E-state index contributed by atoms with van der Waals surface area (Å²) in [6, 6.07) is 25.4. The summed E-state index contributed by atoms with van der Waals surface area (Å²) in [5.74, 6) is 0.514. The number of fused-ring (bicyclic) bond motifs is 5. The number of ketones is 1. The van der Waals surface area contributed by atoms with Gasteiger partial charge in [0.2, 0.25) is 0 Å². The van der Waals surface area contributed by atoms with Crippen LogP contribution in [-0.4, -0.2) is 136 Å². The van der Waals surface area contributed by atoms with Gasteiger partial charge in [-0.2, -0.15) is 5.10 Å². The molecule has 4 aromatic carbocycles. The number of aliphatic imine (C=N–C) groups is 1. The van der Waals surface area contributed by atoms with Gasteiger partial charge in [-0.3, -0.25) is 29.1 Å². The first-order chi connectivity index (χ1) is 39.6. The highest BCUT2D eigenvalue weighted by Gasteiger charge is 2.60. The number of hydrogen-bond donors (Lipinski definition) is 1. The molecule has 83 heavy (non-hydrogen) atoms. The molecule has 2 aromatic heterocycles. The Hall–Kier alpha value is -6.96. The van der Waals surface area contributed by atoms with E-state index in [1.807, 2.05) is 78.2 Å². The molecule has 3 aliphatic heterocycles. The fourth-order valence-corrected chi connectivity index (χ4v) is 11.5. The number of ether oxygens (including phenoxy) is 4. The molecule has 17 nitrogen and oxygen atoms in total. The van der Waals surface area contributed by atoms with Crippen LogP contribution in [0.25, 0.3) is 11.3 Å². The Bertz CT molecular complexity index is 3360. The van der Waals surface area contributed by atoms with E-state index in [2.05, 4.69) is 56.6 Å². The molecule has 2 N–H and O–H groups in total. The Balaban J connectivity index is 0.772. The number of rotatable bonds is 18. The molecule has 1 saturated heterocycles. The van der Waals surface area contributed by atoms with E-state index < -0.39 is 23.0 Å². The summed E-state index contributed by atoms with van der Waals surface area (Å²) in [4.78, 5) is 64.8. The fourth-order valence-electron chi connectivity index (χ4n) is 11.3. The molecule has 1 fully saturated rings. The molecule has 3 atom stereocenters. The van der Waals surface area contributed by atoms with Crippen LogP contribution in [0.1, 0.15) is 123 Å². The van der Waals surface area contributed by atoms with E-state index in [1.54, 1.807) is 29.7 Å². The predicted molar refractivity (Wildman–Crippen MR) is 320 cm³/mol. The first kappa shape index (κ1) is 60.6. The number of piperazine rings is 1. The average molecular weight is 1170 g/mol. The second kappa shape index (κ2) is 25.5. The van der Waals surface area contributed by atoms with E-state index in [-0.39, 0.29) is 60.0 Å². The minimum absolute atomic E-state index is 0.0521. The number of nitrogens with zero attached hydrogens (tertiary/aromatic N) is 9. The monoisotopic (exact) mass is 1170 g/mol. The molecular weight excluding hydrogens is 1100 g/mol. The third-order valence-electron chi connectivity index (χ3n) is 16.2. The zero-order valence-electron chi connectivity index (χ0n) is 48.9. The van der Waals surface area contributed by atoms with Gasteiger partial charge in [0.05, 0.1) is 68.4 Å². The number of nitrogen functional groups attached to an aromatic ring is 1. The lowest BCUT2D eigenvalue weighted by atomic mass is 9.71. The van der Waals surface area contributed by atoms with Crippen LogP contribution in [0, 0.1) is 12.7 Å². The van der Waals surface area contributed by atoms with Gasteiger partial charge >= 0.3 is 6.03 Å². The highest BCUT2D eigenvalue weighted by atomic mass is 35.5. The van der Waals surface area contributed by atoms with Crippen molar-refractivity contribution >= 4 is 52.6 Å². The molecule has 5 heterocycles. The SMILES string of the molecule is CCOc1cc(C(C)(C)C)ccc1C1=N[C@](C)(c2ccc(Cl)cc2)[C@](C)(c2ccc(Cl)cc2)N1C(=O)N1CCN(CCOCCOCCC(=O)CCCn2nc(C)c3c2CN(C)C(=O)c2ccc(F)cc2[C@@H](C)Oc2nc-3cnc2N)CC1. The third kappa shape index (κ3) is 12.9. The highest BCUT2D eigenvalue weighted by molar-refractivity contribution is 6.30. The van der Waals surface area contributed by atoms with E-state index in [1.165, 1.54) is 18.2 Å². The molecule has 3 aliphatic rings. The zero-order chi connectivity index (χ0) is 59.4. The van der Waals surface area contributed by atoms with E-state index in [0.717, 1.165) is 22.3 Å². The standard InChI is InChI=1S/C63H75Cl2FN10O7/c1-10-82-54-36-44(61(4,5)6)17-23-50(54)57-70-62(7,42-13-18-45(64)19-14-42)63(8,43-15-20-46(65)21-16-43)76(57)60(79)74-29-27-73(28-30-74)31-33-81-35-34-80-32-25-48(77)12-11-26-75-53-39-72(9)59(78)49-24-22-47(66)37-51(49)41(3)83-58-56(67)68-38-52(69-58)55(53)40(2)71-75/h13-24,36-38,41H,10-12,25-35,39H2,1-9H3,(H2,67,68)/t41-,62-,63+/m1/s1. The van der Waals surface area contributed by atoms with Crippen LogP contribution in [0.4, 0.5) is 15.0 Å². The number of anilines is 1. The number of carbonyl (C=O) groups is 3. The number of hydrogen-bond acceptors (Lipinski definition) is 13. The van der Waals surface area contributed by atoms with Crippen LogP contribution < -0.4 is 15.2 Å². The number of urea groups is 1. The van der Waals surface area contributed by atoms with Gasteiger partial charge in [0, 0.05) is 85.9 Å². The first-order valence-electron chi connectivity index (χ1n) is 28.4. The number of benzene rings is 4. The molecule has 2 bridgehead atoms. The number of Topliss-reactive ketones (excluding diaryl/α,β-unsaturated/α-hetero) is 1. The molecule has 6 aromatic rings. The van der Waals surface area contributed by atoms with Crippen molar-refractivity contribution in [2.45, 2.75) is 110 Å². The Morgan fingerprint density at radius 2 is 1.52 bits per heavy atom. The van der Waals surface area contributed by atoms with E-state index in [9.17, 15) is 14.0 Å². The smallest absolute Gasteiger partial charge is 0.326 e. The fraction of sp³-hybridized carbons (Fsp3) is 0.444. The summed E-state index contributed by atoms with van der Waals surface area (Å²) in [6.45, 7) is 21.6. The Labute approximate surface area is 495 Å². The van der Waals surface area contributed by atoms with Gasteiger partial charge in [-0.25, -0.2) is 19.2 Å². The molecule has 0 radical (unpaired) electrons. The second-order valence-electron chi connectivity index (χ2n) is 22.8. The van der Waals surface area contributed by atoms with Crippen molar-refractivity contribution in [1.29, 1.82) is 0 Å². The van der Waals surface area contributed by atoms with Crippen molar-refractivity contribution in [2.24, 2.45) is 4.99 Å². The molecule has 3 amide bonds. The maximum absolute atomic E-state index is 15.5. The van der Waals surface area contributed by atoms with Crippen LogP contribution in [0.2, 0.25) is 10.0 Å². The maximum Gasteiger partial charge on any atom is 0.326 e. The summed E-state index contributed by atoms with van der Waals surface area (Å²) in [6.07, 6.45) is 1.83. The Morgan fingerprint density at radius 3 is 2.19 bits per heavy atom. The number of amidine groups is 1. The van der Waals surface area contributed by atoms with Crippen LogP contribution in [-0.2, 0) is 43.9 Å². The summed E-state index contributed by atoms with van der Waals surface area (Å²) in [5, 5.41) is 6.00. The van der Waals surface area contributed by atoms with Crippen molar-refractivity contribution in [2.75, 3.05) is 78.5 Å². The largest absolute Gasteiger partial charge is 0.493 e. The van der Waals surface area contributed by atoms with Gasteiger partial charge in [0.25, 0.3) is 11.8 Å². The summed E-state index contributed by atoms with van der Waals surface area (Å²) >= 11 is 13.0. The Morgan fingerprint density at radius 1 is 0.855 bits per heavy atom. The van der Waals surface area contributed by atoms with Gasteiger partial charge < -0.3 is 34.5 Å². The molecule has 0 unspecified atom stereocenters. The van der Waals surface area contributed by atoms with Gasteiger partial charge in [0.1, 0.15) is 40.4 Å². The zero-order valence-corrected chi connectivity index (χ0v) is 50.4. The molecule has 9 rings (SSSR count). The predicted octanol–water partition coefficient (Wildman–Crippen LogP) is 11.2. The lowest BCUT2D eigenvalue weighted by Gasteiger charge is -2.47. The highest BCUT2D eigenvalue weighted by Crippen LogP contribution is 2.54. The van der Waals surface area contributed by atoms with Gasteiger partial charge in [-0.15, -0.1) is 0 Å². The van der Waals surface area contributed by atoms with E-state index in [4.69, 9.17) is 63.0 Å². The summed E-state index contributed by atoms with van der Waals surface area (Å²) in [7, 11) is 1.68. The van der Waals surface area contributed by atoms with Crippen molar-refractivity contribution in [3.05, 3.63) is 152 Å². The number of halogens is 3. The lowest BCUT2D eigenvalue weighted by Crippen LogP contribution is -2.60. The van der Waals surface area contributed by atoms with E-state index in [0.29, 0.717) is 128 Å². The minimum Gasteiger partial charge on any atom is -0.493 e. The number of carbonyl (C=O) groups excluding carboxylic acids is 3. The van der Waals surface area contributed by atoms with Gasteiger partial charge in [-0.1, -0.05) is 74.3 Å². The first-order valence-corrected chi connectivity index (χ1v) is 29.2. The minimum atomic E-state index is -1.04. The third-order valence-corrected chi connectivity index (χ3v) is 16.7. The number of nitrogens with two attached hydrogens (primary N) is 1. The molecule has 0 spiro atoms. The van der Waals surface area contributed by atoms with Crippen molar-refractivity contribution < 1.29 is 37.7 Å². The lowest BCUT2D eigenvalue weighted by molar-refractivity contribution is -0.120. The van der Waals surface area contributed by atoms with Crippen molar-refractivity contribution in [1.82, 2.24) is 39.3 Å². The van der Waals surface area contributed by atoms with Crippen molar-refractivity contribution in [3.8, 4) is 22.9 Å². The molecular formula is C63H75Cl2FN10O7. The summed E-state index contributed by atoms with van der Waals surface area (Å²) in [5.41, 5.74) is 10.8. The van der Waals surface area contributed by atoms with Crippen LogP contribution >= 0.6 is 23.2 Å². The second-order valence-corrected chi connectivity index (χ2v) is 23.7. The molecule has 440 valence electrons. The maximum atomic E-state index is 15.5. The quantitative estimate of drug-likeness (QED) is 0.0805. The molecule has 0 aliphatic carbocycles. The van der Waals surface area contributed by atoms with Gasteiger partial charge in [0.15, 0.2) is 5.82 Å². The van der Waals surface area contributed by atoms with Crippen LogP contribution in [0.15, 0.2) is 96.1 Å². The number of amides is 3. The van der Waals surface area contributed by atoms with Gasteiger partial charge in [-0.05, 0) is 118 Å². The van der Waals surface area contributed by atoms with Crippen molar-refractivity contribution in [3.63, 3.8) is 0 Å². The Kier molecular flexibility index (Phi) is 18.6. The molecule has 0 saturated carbocycles.